The van der Waals surface area contributed by atoms with Crippen molar-refractivity contribution < 1.29 is 4.39 Å². The van der Waals surface area contributed by atoms with Gasteiger partial charge in [0.1, 0.15) is 5.82 Å². The van der Waals surface area contributed by atoms with Crippen molar-refractivity contribution in [3.8, 4) is 0 Å². The van der Waals surface area contributed by atoms with Crippen molar-refractivity contribution in [2.45, 2.75) is 32.2 Å². The van der Waals surface area contributed by atoms with Crippen LogP contribution in [0.4, 0.5) is 4.39 Å². The molecule has 0 radical (unpaired) electrons. The molecule has 0 spiro atoms. The van der Waals surface area contributed by atoms with Gasteiger partial charge in [0.15, 0.2) is 0 Å². The number of aromatic nitrogens is 1. The minimum Gasteiger partial charge on any atom is -0.320 e. The van der Waals surface area contributed by atoms with E-state index in [2.05, 4.69) is 24.0 Å². The van der Waals surface area contributed by atoms with E-state index >= 15 is 0 Å². The van der Waals surface area contributed by atoms with E-state index in [1.807, 2.05) is 19.1 Å². The Morgan fingerprint density at radius 2 is 1.95 bits per heavy atom. The molecule has 100 valence electrons. The molecule has 0 amide bonds. The van der Waals surface area contributed by atoms with E-state index in [-0.39, 0.29) is 5.82 Å². The van der Waals surface area contributed by atoms with E-state index in [1.54, 1.807) is 6.07 Å². The minimum atomic E-state index is -0.556. The second kappa shape index (κ2) is 5.49. The van der Waals surface area contributed by atoms with Gasteiger partial charge in [-0.15, -0.1) is 0 Å². The summed E-state index contributed by atoms with van der Waals surface area (Å²) >= 11 is 0. The highest BCUT2D eigenvalue weighted by molar-refractivity contribution is 5.30. The van der Waals surface area contributed by atoms with Crippen molar-refractivity contribution >= 4 is 0 Å². The molecule has 0 saturated heterocycles. The molecule has 0 bridgehead atoms. The molecule has 2 N–H and O–H groups in total. The summed E-state index contributed by atoms with van der Waals surface area (Å²) in [5.74, 6) is -0.335. The average Bonchev–Trinajstić information content (AvgIpc) is 2.42. The first-order valence-electron chi connectivity index (χ1n) is 6.50. The first-order chi connectivity index (χ1) is 9.05. The minimum absolute atomic E-state index is 0.335. The number of benzene rings is 1. The van der Waals surface area contributed by atoms with Crippen LogP contribution in [0.3, 0.4) is 0 Å². The predicted octanol–water partition coefficient (Wildman–Crippen LogP) is 3.34. The fraction of sp³-hybridized carbons (Fsp3) is 0.312. The summed E-state index contributed by atoms with van der Waals surface area (Å²) < 4.78 is 13.0. The first kappa shape index (κ1) is 13.7. The summed E-state index contributed by atoms with van der Waals surface area (Å²) in [6.45, 7) is 4.10. The van der Waals surface area contributed by atoms with Gasteiger partial charge >= 0.3 is 0 Å². The number of nitrogens with two attached hydrogens (primary N) is 1. The van der Waals surface area contributed by atoms with Gasteiger partial charge < -0.3 is 5.73 Å². The molecule has 1 unspecified atom stereocenters. The third-order valence-corrected chi connectivity index (χ3v) is 3.64. The van der Waals surface area contributed by atoms with Crippen LogP contribution in [-0.4, -0.2) is 4.98 Å². The van der Waals surface area contributed by atoms with E-state index in [4.69, 9.17) is 5.73 Å². The largest absolute Gasteiger partial charge is 0.320 e. The molecule has 1 aromatic carbocycles. The maximum atomic E-state index is 13.0. The maximum Gasteiger partial charge on any atom is 0.141 e. The van der Waals surface area contributed by atoms with Crippen molar-refractivity contribution in [3.63, 3.8) is 0 Å². The number of hydrogen-bond donors (Lipinski definition) is 1. The summed E-state index contributed by atoms with van der Waals surface area (Å²) in [5.41, 5.74) is 9.09. The number of rotatable bonds is 4. The SMILES string of the molecule is CCC(N)(Cc1ccccc1C)c1ccc(F)cn1. The molecule has 0 aliphatic carbocycles. The summed E-state index contributed by atoms with van der Waals surface area (Å²) in [4.78, 5) is 4.15. The Hall–Kier alpha value is -1.74. The molecular weight excluding hydrogens is 239 g/mol. The van der Waals surface area contributed by atoms with Crippen molar-refractivity contribution in [2.24, 2.45) is 5.73 Å². The highest BCUT2D eigenvalue weighted by Gasteiger charge is 2.27. The second-order valence-electron chi connectivity index (χ2n) is 4.97. The normalized spacial score (nSPS) is 14.1. The summed E-state index contributed by atoms with van der Waals surface area (Å²) in [6, 6.07) is 11.3. The Morgan fingerprint density at radius 1 is 1.21 bits per heavy atom. The summed E-state index contributed by atoms with van der Waals surface area (Å²) in [7, 11) is 0. The summed E-state index contributed by atoms with van der Waals surface area (Å²) in [6.07, 6.45) is 2.68. The van der Waals surface area contributed by atoms with Gasteiger partial charge in [-0.2, -0.15) is 0 Å². The number of pyridine rings is 1. The van der Waals surface area contributed by atoms with E-state index < -0.39 is 5.54 Å². The molecule has 1 heterocycles. The molecule has 2 aromatic rings. The molecule has 0 fully saturated rings. The van der Waals surface area contributed by atoms with Crippen molar-refractivity contribution in [2.75, 3.05) is 0 Å². The van der Waals surface area contributed by atoms with Crippen molar-refractivity contribution in [3.05, 3.63) is 65.2 Å². The number of aryl methyl sites for hydroxylation is 1. The van der Waals surface area contributed by atoms with E-state index in [9.17, 15) is 4.39 Å². The van der Waals surface area contributed by atoms with Gasteiger partial charge in [-0.3, -0.25) is 4.98 Å². The molecule has 2 nitrogen and oxygen atoms in total. The zero-order chi connectivity index (χ0) is 13.9. The van der Waals surface area contributed by atoms with Gasteiger partial charge in [0.25, 0.3) is 0 Å². The Morgan fingerprint density at radius 3 is 2.53 bits per heavy atom. The summed E-state index contributed by atoms with van der Waals surface area (Å²) in [5, 5.41) is 0. The zero-order valence-corrected chi connectivity index (χ0v) is 11.4. The molecular formula is C16H19FN2. The fourth-order valence-corrected chi connectivity index (χ4v) is 2.22. The lowest BCUT2D eigenvalue weighted by molar-refractivity contribution is 0.410. The van der Waals surface area contributed by atoms with Crippen LogP contribution in [0.5, 0.6) is 0 Å². The van der Waals surface area contributed by atoms with Gasteiger partial charge in [-0.05, 0) is 43.0 Å². The van der Waals surface area contributed by atoms with Crippen LogP contribution in [0, 0.1) is 12.7 Å². The number of hydrogen-bond acceptors (Lipinski definition) is 2. The third kappa shape index (κ3) is 2.99. The van der Waals surface area contributed by atoms with Crippen LogP contribution in [0.2, 0.25) is 0 Å². The van der Waals surface area contributed by atoms with Gasteiger partial charge in [0, 0.05) is 0 Å². The Balaban J connectivity index is 2.33. The van der Waals surface area contributed by atoms with E-state index in [1.165, 1.54) is 23.4 Å². The standard InChI is InChI=1S/C16H19FN2/c1-3-16(18,15-9-8-14(17)11-19-15)10-13-7-5-4-6-12(13)2/h4-9,11H,3,10,18H2,1-2H3. The van der Waals surface area contributed by atoms with Crippen LogP contribution in [0.15, 0.2) is 42.6 Å². The fourth-order valence-electron chi connectivity index (χ4n) is 2.22. The van der Waals surface area contributed by atoms with Gasteiger partial charge in [-0.1, -0.05) is 31.2 Å². The molecule has 1 atom stereocenters. The second-order valence-corrected chi connectivity index (χ2v) is 4.97. The molecule has 3 heteroatoms. The van der Waals surface area contributed by atoms with Gasteiger partial charge in [0.05, 0.1) is 17.4 Å². The van der Waals surface area contributed by atoms with Crippen LogP contribution < -0.4 is 5.73 Å². The first-order valence-corrected chi connectivity index (χ1v) is 6.50. The molecule has 0 aliphatic heterocycles. The van der Waals surface area contributed by atoms with Crippen molar-refractivity contribution in [1.29, 1.82) is 0 Å². The quantitative estimate of drug-likeness (QED) is 0.913. The van der Waals surface area contributed by atoms with Crippen LogP contribution in [-0.2, 0) is 12.0 Å². The molecule has 0 aliphatic rings. The Labute approximate surface area is 113 Å². The molecule has 1 aromatic heterocycles. The number of halogens is 1. The predicted molar refractivity (Wildman–Crippen MR) is 75.2 cm³/mol. The van der Waals surface area contributed by atoms with E-state index in [0.29, 0.717) is 6.42 Å². The van der Waals surface area contributed by atoms with Crippen LogP contribution >= 0.6 is 0 Å². The lowest BCUT2D eigenvalue weighted by atomic mass is 9.84. The Kier molecular flexibility index (Phi) is 3.96. The zero-order valence-electron chi connectivity index (χ0n) is 11.4. The van der Waals surface area contributed by atoms with Gasteiger partial charge in [0.2, 0.25) is 0 Å². The Bertz CT molecular complexity index is 551. The smallest absolute Gasteiger partial charge is 0.141 e. The third-order valence-electron chi connectivity index (χ3n) is 3.64. The highest BCUT2D eigenvalue weighted by Crippen LogP contribution is 2.26. The highest BCUT2D eigenvalue weighted by atomic mass is 19.1. The van der Waals surface area contributed by atoms with Crippen molar-refractivity contribution in [1.82, 2.24) is 4.98 Å². The van der Waals surface area contributed by atoms with Crippen LogP contribution in [0.25, 0.3) is 0 Å². The monoisotopic (exact) mass is 258 g/mol. The molecule has 0 saturated carbocycles. The molecule has 19 heavy (non-hydrogen) atoms. The lowest BCUT2D eigenvalue weighted by Crippen LogP contribution is -2.39. The topological polar surface area (TPSA) is 38.9 Å². The van der Waals surface area contributed by atoms with Crippen LogP contribution in [0.1, 0.15) is 30.2 Å². The maximum absolute atomic E-state index is 13.0. The van der Waals surface area contributed by atoms with E-state index in [0.717, 1.165) is 12.1 Å². The number of nitrogens with zero attached hydrogens (tertiary/aromatic N) is 1. The molecule has 2 rings (SSSR count). The van der Waals surface area contributed by atoms with Gasteiger partial charge in [-0.25, -0.2) is 4.39 Å². The average molecular weight is 258 g/mol. The lowest BCUT2D eigenvalue weighted by Gasteiger charge is -2.28.